The van der Waals surface area contributed by atoms with E-state index in [1.54, 1.807) is 23.6 Å². The maximum atomic E-state index is 12.3. The Balaban J connectivity index is 1.91. The van der Waals surface area contributed by atoms with Crippen LogP contribution in [0.5, 0.6) is 0 Å². The van der Waals surface area contributed by atoms with Crippen LogP contribution < -0.4 is 5.32 Å². The van der Waals surface area contributed by atoms with Gasteiger partial charge in [0.15, 0.2) is 5.82 Å². The van der Waals surface area contributed by atoms with Gasteiger partial charge in [-0.15, -0.1) is 0 Å². The van der Waals surface area contributed by atoms with Gasteiger partial charge in [-0.1, -0.05) is 12.1 Å². The fourth-order valence-corrected chi connectivity index (χ4v) is 2.25. The summed E-state index contributed by atoms with van der Waals surface area (Å²) in [4.78, 5) is 27.0. The summed E-state index contributed by atoms with van der Waals surface area (Å²) >= 11 is 0. The second-order valence-electron chi connectivity index (χ2n) is 4.75. The summed E-state index contributed by atoms with van der Waals surface area (Å²) in [7, 11) is 0. The first-order chi connectivity index (χ1) is 10.6. The van der Waals surface area contributed by atoms with E-state index in [1.807, 2.05) is 24.4 Å². The van der Waals surface area contributed by atoms with E-state index in [1.165, 1.54) is 12.1 Å². The molecule has 0 radical (unpaired) electrons. The van der Waals surface area contributed by atoms with Gasteiger partial charge in [0.1, 0.15) is 5.65 Å². The number of imidazole rings is 1. The van der Waals surface area contributed by atoms with Gasteiger partial charge in [-0.2, -0.15) is 0 Å². The van der Waals surface area contributed by atoms with Gasteiger partial charge in [0.2, 0.25) is 0 Å². The molecule has 0 saturated carbocycles. The first kappa shape index (κ1) is 13.7. The lowest BCUT2D eigenvalue weighted by atomic mass is 10.1. The number of amides is 1. The van der Waals surface area contributed by atoms with Crippen molar-refractivity contribution in [2.45, 2.75) is 6.92 Å². The number of fused-ring (bicyclic) bond motifs is 1. The molecule has 2 aromatic heterocycles. The maximum Gasteiger partial charge on any atom is 0.273 e. The average molecular weight is 296 g/mol. The van der Waals surface area contributed by atoms with Crippen molar-refractivity contribution < 1.29 is 9.72 Å². The molecule has 7 heteroatoms. The number of carbonyl (C=O) groups excluding carboxylic acids is 1. The Morgan fingerprint density at radius 1 is 1.27 bits per heavy atom. The second kappa shape index (κ2) is 5.28. The number of anilines is 1. The van der Waals surface area contributed by atoms with Crippen LogP contribution in [-0.4, -0.2) is 20.2 Å². The molecule has 22 heavy (non-hydrogen) atoms. The van der Waals surface area contributed by atoms with Gasteiger partial charge in [-0.25, -0.2) is 4.98 Å². The summed E-state index contributed by atoms with van der Waals surface area (Å²) < 4.78 is 1.77. The third kappa shape index (κ3) is 2.39. The normalized spacial score (nSPS) is 10.6. The molecule has 0 atom stereocenters. The third-order valence-corrected chi connectivity index (χ3v) is 3.35. The van der Waals surface area contributed by atoms with Crippen molar-refractivity contribution in [3.63, 3.8) is 0 Å². The molecule has 1 aromatic carbocycles. The van der Waals surface area contributed by atoms with Crippen molar-refractivity contribution in [1.29, 1.82) is 0 Å². The quantitative estimate of drug-likeness (QED) is 0.594. The smallest absolute Gasteiger partial charge is 0.273 e. The van der Waals surface area contributed by atoms with Crippen LogP contribution in [0.15, 0.2) is 48.8 Å². The molecule has 0 bridgehead atoms. The Hall–Kier alpha value is -3.22. The zero-order valence-electron chi connectivity index (χ0n) is 11.7. The topological polar surface area (TPSA) is 89.5 Å². The summed E-state index contributed by atoms with van der Waals surface area (Å²) in [5.41, 5.74) is 1.20. The van der Waals surface area contributed by atoms with Gasteiger partial charge in [-0.05, 0) is 25.1 Å². The standard InChI is InChI=1S/C15H12N4O3/c1-10-11(5-4-6-12(10)19(21)22)15(20)17-13-9-18-8-3-2-7-14(18)16-13/h2-9H,1H3,(H,17,20). The highest BCUT2D eigenvalue weighted by Gasteiger charge is 2.18. The zero-order chi connectivity index (χ0) is 15.7. The van der Waals surface area contributed by atoms with Gasteiger partial charge in [0.05, 0.1) is 11.1 Å². The molecule has 0 aliphatic rings. The Bertz CT molecular complexity index is 852. The van der Waals surface area contributed by atoms with E-state index < -0.39 is 10.8 Å². The molecule has 0 fully saturated rings. The maximum absolute atomic E-state index is 12.3. The van der Waals surface area contributed by atoms with E-state index >= 15 is 0 Å². The first-order valence-corrected chi connectivity index (χ1v) is 6.55. The molecule has 1 amide bonds. The molecule has 110 valence electrons. The van der Waals surface area contributed by atoms with Gasteiger partial charge >= 0.3 is 0 Å². The van der Waals surface area contributed by atoms with Gasteiger partial charge < -0.3 is 9.72 Å². The van der Waals surface area contributed by atoms with E-state index in [-0.39, 0.29) is 11.3 Å². The molecule has 0 aliphatic heterocycles. The monoisotopic (exact) mass is 296 g/mol. The number of nitro benzene ring substituents is 1. The van der Waals surface area contributed by atoms with Crippen molar-refractivity contribution in [3.8, 4) is 0 Å². The van der Waals surface area contributed by atoms with Crippen LogP contribution in [0.3, 0.4) is 0 Å². The van der Waals surface area contributed by atoms with E-state index in [4.69, 9.17) is 0 Å². The fraction of sp³-hybridized carbons (Fsp3) is 0.0667. The number of benzene rings is 1. The minimum atomic E-state index is -0.503. The number of hydrogen-bond acceptors (Lipinski definition) is 4. The Kier molecular flexibility index (Phi) is 3.30. The molecular formula is C15H12N4O3. The first-order valence-electron chi connectivity index (χ1n) is 6.55. The average Bonchev–Trinajstić information content (AvgIpc) is 2.89. The SMILES string of the molecule is Cc1c(C(=O)Nc2cn3ccccc3n2)cccc1[N+](=O)[O-]. The number of pyridine rings is 1. The molecule has 0 saturated heterocycles. The number of hydrogen-bond donors (Lipinski definition) is 1. The Labute approximate surface area is 125 Å². The summed E-state index contributed by atoms with van der Waals surface area (Å²) in [6.07, 6.45) is 3.50. The Morgan fingerprint density at radius 2 is 2.09 bits per heavy atom. The minimum Gasteiger partial charge on any atom is -0.305 e. The lowest BCUT2D eigenvalue weighted by Crippen LogP contribution is -2.14. The molecular weight excluding hydrogens is 284 g/mol. The number of nitro groups is 1. The van der Waals surface area contributed by atoms with Gasteiger partial charge in [0.25, 0.3) is 11.6 Å². The summed E-state index contributed by atoms with van der Waals surface area (Å²) in [6, 6.07) is 9.92. The molecule has 2 heterocycles. The Morgan fingerprint density at radius 3 is 2.82 bits per heavy atom. The van der Waals surface area contributed by atoms with E-state index in [2.05, 4.69) is 10.3 Å². The van der Waals surface area contributed by atoms with Crippen molar-refractivity contribution in [2.75, 3.05) is 5.32 Å². The second-order valence-corrected chi connectivity index (χ2v) is 4.75. The minimum absolute atomic E-state index is 0.0809. The van der Waals surface area contributed by atoms with E-state index in [0.29, 0.717) is 17.0 Å². The molecule has 0 unspecified atom stereocenters. The highest BCUT2D eigenvalue weighted by atomic mass is 16.6. The van der Waals surface area contributed by atoms with Gasteiger partial charge in [-0.3, -0.25) is 14.9 Å². The van der Waals surface area contributed by atoms with Crippen LogP contribution in [0.25, 0.3) is 5.65 Å². The van der Waals surface area contributed by atoms with Crippen molar-refractivity contribution in [3.05, 3.63) is 70.0 Å². The number of aromatic nitrogens is 2. The lowest BCUT2D eigenvalue weighted by Gasteiger charge is -2.05. The fourth-order valence-electron chi connectivity index (χ4n) is 2.25. The molecule has 0 aliphatic carbocycles. The summed E-state index contributed by atoms with van der Waals surface area (Å²) in [5.74, 6) is -0.0355. The number of nitrogens with one attached hydrogen (secondary N) is 1. The predicted octanol–water partition coefficient (Wildman–Crippen LogP) is 2.80. The van der Waals surface area contributed by atoms with Gasteiger partial charge in [0, 0.05) is 23.4 Å². The zero-order valence-corrected chi connectivity index (χ0v) is 11.7. The van der Waals surface area contributed by atoms with Crippen LogP contribution in [0.2, 0.25) is 0 Å². The van der Waals surface area contributed by atoms with Crippen molar-refractivity contribution in [2.24, 2.45) is 0 Å². The number of nitrogens with zero attached hydrogens (tertiary/aromatic N) is 3. The molecule has 0 spiro atoms. The van der Waals surface area contributed by atoms with Crippen LogP contribution in [0.1, 0.15) is 15.9 Å². The lowest BCUT2D eigenvalue weighted by molar-refractivity contribution is -0.385. The van der Waals surface area contributed by atoms with Crippen LogP contribution in [0.4, 0.5) is 11.5 Å². The van der Waals surface area contributed by atoms with Crippen LogP contribution >= 0.6 is 0 Å². The highest BCUT2D eigenvalue weighted by molar-refractivity contribution is 6.05. The van der Waals surface area contributed by atoms with Crippen LogP contribution in [-0.2, 0) is 0 Å². The third-order valence-electron chi connectivity index (χ3n) is 3.35. The number of carbonyl (C=O) groups is 1. The molecule has 1 N–H and O–H groups in total. The highest BCUT2D eigenvalue weighted by Crippen LogP contribution is 2.22. The van der Waals surface area contributed by atoms with E-state index in [9.17, 15) is 14.9 Å². The molecule has 7 nitrogen and oxygen atoms in total. The van der Waals surface area contributed by atoms with Crippen molar-refractivity contribution in [1.82, 2.24) is 9.38 Å². The summed E-state index contributed by atoms with van der Waals surface area (Å²) in [5, 5.41) is 13.6. The van der Waals surface area contributed by atoms with E-state index in [0.717, 1.165) is 0 Å². The largest absolute Gasteiger partial charge is 0.305 e. The molecule has 3 rings (SSSR count). The summed E-state index contributed by atoms with van der Waals surface area (Å²) in [6.45, 7) is 1.55. The predicted molar refractivity (Wildman–Crippen MR) is 81.0 cm³/mol. The van der Waals surface area contributed by atoms with Crippen LogP contribution in [0, 0.1) is 17.0 Å². The number of rotatable bonds is 3. The molecule has 3 aromatic rings. The van der Waals surface area contributed by atoms with Crippen molar-refractivity contribution >= 4 is 23.1 Å².